The molecule has 0 saturated carbocycles. The van der Waals surface area contributed by atoms with Crippen LogP contribution in [0.5, 0.6) is 11.5 Å². The molecule has 0 aromatic heterocycles. The molecule has 0 saturated heterocycles. The molecule has 0 N–H and O–H groups in total. The lowest BCUT2D eigenvalue weighted by molar-refractivity contribution is 0.176. The quantitative estimate of drug-likeness (QED) is 0.770. The van der Waals surface area contributed by atoms with Gasteiger partial charge in [0.05, 0.1) is 6.61 Å². The van der Waals surface area contributed by atoms with E-state index in [1.54, 1.807) is 0 Å². The van der Waals surface area contributed by atoms with E-state index in [0.717, 1.165) is 37.4 Å². The van der Waals surface area contributed by atoms with Gasteiger partial charge in [-0.1, -0.05) is 24.3 Å². The third-order valence-corrected chi connectivity index (χ3v) is 4.00. The molecular weight excluding hydrogens is 236 g/mol. The zero-order valence-electron chi connectivity index (χ0n) is 10.8. The highest BCUT2D eigenvalue weighted by Gasteiger charge is 2.22. The molecule has 2 aromatic rings. The van der Waals surface area contributed by atoms with E-state index in [9.17, 15) is 0 Å². The number of fused-ring (bicyclic) bond motifs is 2. The summed E-state index contributed by atoms with van der Waals surface area (Å²) in [6, 6.07) is 14.8. The van der Waals surface area contributed by atoms with Gasteiger partial charge < -0.3 is 9.47 Å². The summed E-state index contributed by atoms with van der Waals surface area (Å²) in [6.45, 7) is 0.813. The minimum absolute atomic E-state index is 0.181. The van der Waals surface area contributed by atoms with Crippen molar-refractivity contribution in [1.82, 2.24) is 0 Å². The van der Waals surface area contributed by atoms with Crippen LogP contribution in [0, 0.1) is 0 Å². The topological polar surface area (TPSA) is 18.5 Å². The highest BCUT2D eigenvalue weighted by Crippen LogP contribution is 2.36. The number of hydrogen-bond donors (Lipinski definition) is 0. The van der Waals surface area contributed by atoms with Crippen molar-refractivity contribution in [2.24, 2.45) is 0 Å². The van der Waals surface area contributed by atoms with E-state index in [-0.39, 0.29) is 6.10 Å². The lowest BCUT2D eigenvalue weighted by Gasteiger charge is -2.26. The largest absolute Gasteiger partial charge is 0.493 e. The zero-order valence-corrected chi connectivity index (χ0v) is 10.8. The van der Waals surface area contributed by atoms with Gasteiger partial charge in [0.25, 0.3) is 0 Å². The van der Waals surface area contributed by atoms with Crippen LogP contribution in [0.25, 0.3) is 0 Å². The Morgan fingerprint density at radius 3 is 2.84 bits per heavy atom. The Morgan fingerprint density at radius 1 is 0.895 bits per heavy atom. The summed E-state index contributed by atoms with van der Waals surface area (Å²) in [5.74, 6) is 2.08. The van der Waals surface area contributed by atoms with Crippen LogP contribution >= 0.6 is 0 Å². The third kappa shape index (κ3) is 1.88. The second kappa shape index (κ2) is 4.30. The van der Waals surface area contributed by atoms with E-state index in [4.69, 9.17) is 9.47 Å². The van der Waals surface area contributed by atoms with Gasteiger partial charge in [0.2, 0.25) is 0 Å². The SMILES string of the molecule is c1ccc2c(c1)CCC(c1ccc3c(c1)CCO3)O2. The van der Waals surface area contributed by atoms with Gasteiger partial charge >= 0.3 is 0 Å². The molecule has 0 fully saturated rings. The van der Waals surface area contributed by atoms with Crippen LogP contribution in [0.15, 0.2) is 42.5 Å². The Kier molecular flexibility index (Phi) is 2.47. The molecule has 2 nitrogen and oxygen atoms in total. The van der Waals surface area contributed by atoms with Crippen LogP contribution in [0.4, 0.5) is 0 Å². The first-order chi connectivity index (χ1) is 9.40. The highest BCUT2D eigenvalue weighted by molar-refractivity contribution is 5.42. The minimum Gasteiger partial charge on any atom is -0.493 e. The Balaban J connectivity index is 1.64. The van der Waals surface area contributed by atoms with Crippen molar-refractivity contribution < 1.29 is 9.47 Å². The Hall–Kier alpha value is -1.96. The lowest BCUT2D eigenvalue weighted by atomic mass is 9.96. The van der Waals surface area contributed by atoms with Gasteiger partial charge in [0.1, 0.15) is 17.6 Å². The van der Waals surface area contributed by atoms with Crippen LogP contribution in [-0.4, -0.2) is 6.61 Å². The maximum Gasteiger partial charge on any atom is 0.124 e. The number of ether oxygens (including phenoxy) is 2. The molecule has 0 aliphatic carbocycles. The van der Waals surface area contributed by atoms with E-state index in [0.29, 0.717) is 0 Å². The van der Waals surface area contributed by atoms with E-state index in [1.807, 2.05) is 6.07 Å². The van der Waals surface area contributed by atoms with Crippen LogP contribution in [0.3, 0.4) is 0 Å². The first kappa shape index (κ1) is 10.9. The summed E-state index contributed by atoms with van der Waals surface area (Å²) in [5, 5.41) is 0. The average Bonchev–Trinajstić information content (AvgIpc) is 2.94. The second-order valence-corrected chi connectivity index (χ2v) is 5.22. The number of aryl methyl sites for hydroxylation is 1. The van der Waals surface area contributed by atoms with Gasteiger partial charge in [-0.25, -0.2) is 0 Å². The number of benzene rings is 2. The minimum atomic E-state index is 0.181. The number of para-hydroxylation sites is 1. The van der Waals surface area contributed by atoms with Crippen molar-refractivity contribution in [2.75, 3.05) is 6.61 Å². The average molecular weight is 252 g/mol. The number of hydrogen-bond acceptors (Lipinski definition) is 2. The molecule has 0 amide bonds. The van der Waals surface area contributed by atoms with Gasteiger partial charge in [-0.15, -0.1) is 0 Å². The van der Waals surface area contributed by atoms with Gasteiger partial charge in [0, 0.05) is 6.42 Å². The van der Waals surface area contributed by atoms with Crippen LogP contribution in [0.1, 0.15) is 29.2 Å². The fraction of sp³-hybridized carbons (Fsp3) is 0.294. The van der Waals surface area contributed by atoms with Gasteiger partial charge in [-0.05, 0) is 47.7 Å². The molecule has 0 spiro atoms. The second-order valence-electron chi connectivity index (χ2n) is 5.22. The van der Waals surface area contributed by atoms with E-state index < -0.39 is 0 Å². The maximum absolute atomic E-state index is 6.14. The first-order valence-corrected chi connectivity index (χ1v) is 6.90. The van der Waals surface area contributed by atoms with Crippen molar-refractivity contribution in [3.05, 3.63) is 59.2 Å². The molecule has 2 aromatic carbocycles. The van der Waals surface area contributed by atoms with E-state index >= 15 is 0 Å². The van der Waals surface area contributed by atoms with Gasteiger partial charge in [0.15, 0.2) is 0 Å². The van der Waals surface area contributed by atoms with Gasteiger partial charge in [-0.2, -0.15) is 0 Å². The molecule has 2 heterocycles. The normalized spacial score (nSPS) is 20.1. The lowest BCUT2D eigenvalue weighted by Crippen LogP contribution is -2.15. The Labute approximate surface area is 113 Å². The summed E-state index contributed by atoms with van der Waals surface area (Å²) in [4.78, 5) is 0. The molecule has 19 heavy (non-hydrogen) atoms. The number of rotatable bonds is 1. The fourth-order valence-corrected chi connectivity index (χ4v) is 2.97. The summed E-state index contributed by atoms with van der Waals surface area (Å²) < 4.78 is 11.7. The molecule has 2 heteroatoms. The zero-order chi connectivity index (χ0) is 12.7. The molecule has 1 unspecified atom stereocenters. The molecule has 96 valence electrons. The summed E-state index contributed by atoms with van der Waals surface area (Å²) >= 11 is 0. The summed E-state index contributed by atoms with van der Waals surface area (Å²) in [6.07, 6.45) is 3.35. The molecule has 0 radical (unpaired) electrons. The van der Waals surface area contributed by atoms with Crippen LogP contribution < -0.4 is 9.47 Å². The Morgan fingerprint density at radius 2 is 1.84 bits per heavy atom. The smallest absolute Gasteiger partial charge is 0.124 e. The van der Waals surface area contributed by atoms with Gasteiger partial charge in [-0.3, -0.25) is 0 Å². The monoisotopic (exact) mass is 252 g/mol. The molecule has 2 aliphatic heterocycles. The molecular formula is C17H16O2. The fourth-order valence-electron chi connectivity index (χ4n) is 2.97. The van der Waals surface area contributed by atoms with E-state index in [1.165, 1.54) is 16.7 Å². The standard InChI is InChI=1S/C17H16O2/c1-2-4-16-12(3-1)5-8-17(19-16)13-6-7-15-14(11-13)9-10-18-15/h1-4,6-7,11,17H,5,8-10H2. The molecule has 1 atom stereocenters. The predicted octanol–water partition coefficient (Wildman–Crippen LogP) is 3.69. The third-order valence-electron chi connectivity index (χ3n) is 4.00. The van der Waals surface area contributed by atoms with E-state index in [2.05, 4.69) is 36.4 Å². The van der Waals surface area contributed by atoms with Crippen LogP contribution in [0.2, 0.25) is 0 Å². The highest BCUT2D eigenvalue weighted by atomic mass is 16.5. The summed E-state index contributed by atoms with van der Waals surface area (Å²) in [7, 11) is 0. The van der Waals surface area contributed by atoms with Crippen LogP contribution in [-0.2, 0) is 12.8 Å². The van der Waals surface area contributed by atoms with Crippen molar-refractivity contribution in [3.63, 3.8) is 0 Å². The van der Waals surface area contributed by atoms with Crippen molar-refractivity contribution in [1.29, 1.82) is 0 Å². The first-order valence-electron chi connectivity index (χ1n) is 6.90. The predicted molar refractivity (Wildman–Crippen MR) is 73.8 cm³/mol. The maximum atomic E-state index is 6.14. The molecule has 0 bridgehead atoms. The van der Waals surface area contributed by atoms with Crippen molar-refractivity contribution in [2.45, 2.75) is 25.4 Å². The molecule has 4 rings (SSSR count). The Bertz CT molecular complexity index is 618. The van der Waals surface area contributed by atoms with Crippen molar-refractivity contribution >= 4 is 0 Å². The summed E-state index contributed by atoms with van der Waals surface area (Å²) in [5.41, 5.74) is 3.92. The van der Waals surface area contributed by atoms with Crippen molar-refractivity contribution in [3.8, 4) is 11.5 Å². The molecule has 2 aliphatic rings.